The zero-order valence-electron chi connectivity index (χ0n) is 8.39. The predicted octanol–water partition coefficient (Wildman–Crippen LogP) is 2.86. The Labute approximate surface area is 92.2 Å². The number of alkyl halides is 5. The van der Waals surface area contributed by atoms with Gasteiger partial charge in [-0.05, 0) is 0 Å². The number of hydrogen-bond donors (Lipinski definition) is 0. The average Bonchev–Trinajstić information content (AvgIpc) is 2.25. The molecule has 0 aliphatic carbocycles. The lowest BCUT2D eigenvalue weighted by atomic mass is 10.1. The van der Waals surface area contributed by atoms with Gasteiger partial charge in [0.1, 0.15) is 5.75 Å². The van der Waals surface area contributed by atoms with Crippen molar-refractivity contribution >= 4 is 6.29 Å². The Bertz CT molecular complexity index is 430. The van der Waals surface area contributed by atoms with E-state index in [0.717, 1.165) is 7.11 Å². The molecule has 0 N–H and O–H groups in total. The number of pyridine rings is 1. The molecule has 1 rings (SSSR count). The van der Waals surface area contributed by atoms with Crippen LogP contribution in [0.3, 0.4) is 0 Å². The van der Waals surface area contributed by atoms with Crippen LogP contribution in [0.25, 0.3) is 0 Å². The fourth-order valence-electron chi connectivity index (χ4n) is 1.24. The minimum absolute atomic E-state index is 0.208. The van der Waals surface area contributed by atoms with Crippen LogP contribution in [0.1, 0.15) is 28.0 Å². The van der Waals surface area contributed by atoms with E-state index in [1.807, 2.05) is 0 Å². The fraction of sp³-hybridized carbons (Fsp3) is 0.333. The number of nitrogens with zero attached hydrogens (tertiary/aromatic N) is 1. The molecule has 0 aliphatic heterocycles. The van der Waals surface area contributed by atoms with Gasteiger partial charge in [-0.15, -0.1) is 0 Å². The SMILES string of the molecule is COc1c(C(F)F)cnc(C(F)(F)F)c1C=O. The third kappa shape index (κ3) is 2.51. The number of aromatic nitrogens is 1. The fourth-order valence-corrected chi connectivity index (χ4v) is 1.24. The molecule has 17 heavy (non-hydrogen) atoms. The van der Waals surface area contributed by atoms with Gasteiger partial charge in [0.25, 0.3) is 6.43 Å². The lowest BCUT2D eigenvalue weighted by Crippen LogP contribution is -2.14. The van der Waals surface area contributed by atoms with E-state index in [0.29, 0.717) is 6.20 Å². The maximum atomic E-state index is 12.4. The van der Waals surface area contributed by atoms with E-state index < -0.39 is 35.2 Å². The van der Waals surface area contributed by atoms with E-state index >= 15 is 0 Å². The van der Waals surface area contributed by atoms with Crippen molar-refractivity contribution in [3.8, 4) is 5.75 Å². The Hall–Kier alpha value is -1.73. The van der Waals surface area contributed by atoms with Crippen molar-refractivity contribution in [2.24, 2.45) is 0 Å². The van der Waals surface area contributed by atoms with E-state index in [-0.39, 0.29) is 6.29 Å². The minimum atomic E-state index is -4.91. The molecule has 94 valence electrons. The zero-order valence-corrected chi connectivity index (χ0v) is 8.39. The second-order valence-corrected chi connectivity index (χ2v) is 2.93. The number of carbonyl (C=O) groups is 1. The first-order valence-corrected chi connectivity index (χ1v) is 4.20. The summed E-state index contributed by atoms with van der Waals surface area (Å²) < 4.78 is 66.6. The Morgan fingerprint density at radius 1 is 1.41 bits per heavy atom. The number of ether oxygens (including phenoxy) is 1. The topological polar surface area (TPSA) is 39.2 Å². The third-order valence-corrected chi connectivity index (χ3v) is 1.92. The molecule has 0 atom stereocenters. The molecule has 1 aromatic heterocycles. The highest BCUT2D eigenvalue weighted by atomic mass is 19.4. The van der Waals surface area contributed by atoms with Gasteiger partial charge in [-0.25, -0.2) is 8.78 Å². The van der Waals surface area contributed by atoms with Gasteiger partial charge >= 0.3 is 6.18 Å². The molecule has 0 aliphatic rings. The van der Waals surface area contributed by atoms with Gasteiger partial charge in [-0.1, -0.05) is 0 Å². The Morgan fingerprint density at radius 2 is 2.00 bits per heavy atom. The molecule has 3 nitrogen and oxygen atoms in total. The molecule has 0 bridgehead atoms. The Balaban J connectivity index is 3.54. The molecule has 0 fully saturated rings. The highest BCUT2D eigenvalue weighted by Gasteiger charge is 2.38. The van der Waals surface area contributed by atoms with Gasteiger partial charge in [-0.3, -0.25) is 9.78 Å². The summed E-state index contributed by atoms with van der Waals surface area (Å²) in [7, 11) is 0.897. The summed E-state index contributed by atoms with van der Waals surface area (Å²) in [6.45, 7) is 0. The summed E-state index contributed by atoms with van der Waals surface area (Å²) in [6, 6.07) is 0. The number of aldehydes is 1. The number of hydrogen-bond acceptors (Lipinski definition) is 3. The van der Waals surface area contributed by atoms with Crippen LogP contribution in [0.4, 0.5) is 22.0 Å². The smallest absolute Gasteiger partial charge is 0.434 e. The summed E-state index contributed by atoms with van der Waals surface area (Å²) in [5.74, 6) is -0.808. The molecule has 0 unspecified atom stereocenters. The van der Waals surface area contributed by atoms with Gasteiger partial charge in [0.2, 0.25) is 0 Å². The van der Waals surface area contributed by atoms with Crippen molar-refractivity contribution in [3.63, 3.8) is 0 Å². The molecule has 0 spiro atoms. The zero-order chi connectivity index (χ0) is 13.2. The van der Waals surface area contributed by atoms with Crippen molar-refractivity contribution < 1.29 is 31.5 Å². The predicted molar refractivity (Wildman–Crippen MR) is 46.1 cm³/mol. The molecule has 0 aromatic carbocycles. The van der Waals surface area contributed by atoms with Crippen molar-refractivity contribution in [3.05, 3.63) is 23.0 Å². The molecule has 0 saturated carbocycles. The quantitative estimate of drug-likeness (QED) is 0.615. The standard InChI is InChI=1S/C9H6F5NO2/c1-17-6-4(8(10)11)2-15-7(5(6)3-16)9(12,13)14/h2-3,8H,1H3. The second-order valence-electron chi connectivity index (χ2n) is 2.93. The molecule has 1 heterocycles. The summed E-state index contributed by atoms with van der Waals surface area (Å²) >= 11 is 0. The molecular formula is C9H6F5NO2. The van der Waals surface area contributed by atoms with Crippen molar-refractivity contribution in [1.29, 1.82) is 0 Å². The maximum Gasteiger partial charge on any atom is 0.434 e. The number of carbonyl (C=O) groups excluding carboxylic acids is 1. The van der Waals surface area contributed by atoms with Gasteiger partial charge in [0, 0.05) is 6.20 Å². The van der Waals surface area contributed by atoms with Crippen LogP contribution < -0.4 is 4.74 Å². The first-order valence-electron chi connectivity index (χ1n) is 4.20. The van der Waals surface area contributed by atoms with E-state index in [1.54, 1.807) is 0 Å². The lowest BCUT2D eigenvalue weighted by molar-refractivity contribution is -0.141. The van der Waals surface area contributed by atoms with Crippen LogP contribution in [0.5, 0.6) is 5.75 Å². The van der Waals surface area contributed by atoms with E-state index in [1.165, 1.54) is 0 Å². The van der Waals surface area contributed by atoms with Crippen LogP contribution >= 0.6 is 0 Å². The molecule has 0 saturated heterocycles. The minimum Gasteiger partial charge on any atom is -0.495 e. The number of halogens is 5. The molecule has 8 heteroatoms. The summed E-state index contributed by atoms with van der Waals surface area (Å²) in [4.78, 5) is 13.4. The highest BCUT2D eigenvalue weighted by molar-refractivity contribution is 5.82. The maximum absolute atomic E-state index is 12.4. The van der Waals surface area contributed by atoms with Crippen molar-refractivity contribution in [1.82, 2.24) is 4.98 Å². The van der Waals surface area contributed by atoms with Crippen molar-refractivity contribution in [2.75, 3.05) is 7.11 Å². The number of rotatable bonds is 3. The largest absolute Gasteiger partial charge is 0.495 e. The summed E-state index contributed by atoms with van der Waals surface area (Å²) in [5, 5.41) is 0. The summed E-state index contributed by atoms with van der Waals surface area (Å²) in [6.07, 6.45) is -7.86. The number of methoxy groups -OCH3 is 1. The Kier molecular flexibility index (Phi) is 3.64. The van der Waals surface area contributed by atoms with Crippen molar-refractivity contribution in [2.45, 2.75) is 12.6 Å². The third-order valence-electron chi connectivity index (χ3n) is 1.92. The first kappa shape index (κ1) is 13.3. The van der Waals surface area contributed by atoms with E-state index in [2.05, 4.69) is 9.72 Å². The second kappa shape index (κ2) is 4.64. The van der Waals surface area contributed by atoms with Crippen LogP contribution in [-0.4, -0.2) is 18.4 Å². The first-order chi connectivity index (χ1) is 7.82. The normalized spacial score (nSPS) is 11.7. The van der Waals surface area contributed by atoms with Crippen LogP contribution in [0.2, 0.25) is 0 Å². The van der Waals surface area contributed by atoms with Crippen LogP contribution in [0.15, 0.2) is 6.20 Å². The van der Waals surface area contributed by atoms with E-state index in [9.17, 15) is 26.7 Å². The molecule has 0 amide bonds. The molecule has 0 radical (unpaired) electrons. The molecular weight excluding hydrogens is 249 g/mol. The summed E-state index contributed by atoms with van der Waals surface area (Å²) in [5.41, 5.74) is -3.44. The van der Waals surface area contributed by atoms with Gasteiger partial charge in [0.15, 0.2) is 12.0 Å². The van der Waals surface area contributed by atoms with Gasteiger partial charge in [0.05, 0.1) is 18.2 Å². The monoisotopic (exact) mass is 255 g/mol. The van der Waals surface area contributed by atoms with Crippen LogP contribution in [0, 0.1) is 0 Å². The Morgan fingerprint density at radius 3 is 2.35 bits per heavy atom. The average molecular weight is 255 g/mol. The van der Waals surface area contributed by atoms with E-state index in [4.69, 9.17) is 0 Å². The van der Waals surface area contributed by atoms with Gasteiger partial charge in [-0.2, -0.15) is 13.2 Å². The van der Waals surface area contributed by atoms with Gasteiger partial charge < -0.3 is 4.74 Å². The lowest BCUT2D eigenvalue weighted by Gasteiger charge is -2.14. The molecule has 1 aromatic rings. The highest BCUT2D eigenvalue weighted by Crippen LogP contribution is 2.38. The van der Waals surface area contributed by atoms with Crippen LogP contribution in [-0.2, 0) is 6.18 Å².